The number of nitrogens with zero attached hydrogens (tertiary/aromatic N) is 1. The van der Waals surface area contributed by atoms with E-state index in [2.05, 4.69) is 17.2 Å². The first-order valence-electron chi connectivity index (χ1n) is 5.96. The molecule has 0 amide bonds. The van der Waals surface area contributed by atoms with Crippen LogP contribution in [-0.2, 0) is 0 Å². The summed E-state index contributed by atoms with van der Waals surface area (Å²) in [6, 6.07) is 0.288. The lowest BCUT2D eigenvalue weighted by Crippen LogP contribution is -2.47. The van der Waals surface area contributed by atoms with Crippen molar-refractivity contribution in [3.63, 3.8) is 0 Å². The lowest BCUT2D eigenvalue weighted by atomic mass is 9.97. The maximum Gasteiger partial charge on any atom is 0.0897 e. The van der Waals surface area contributed by atoms with E-state index in [1.807, 2.05) is 13.1 Å². The summed E-state index contributed by atoms with van der Waals surface area (Å²) in [5, 5.41) is 14.2. The molecule has 1 heterocycles. The van der Waals surface area contributed by atoms with Crippen molar-refractivity contribution in [1.29, 1.82) is 0 Å². The van der Waals surface area contributed by atoms with Gasteiger partial charge in [-0.3, -0.25) is 0 Å². The third kappa shape index (κ3) is 2.44. The largest absolute Gasteiger partial charge is 0.394 e. The Morgan fingerprint density at radius 2 is 2.25 bits per heavy atom. The molecule has 0 radical (unpaired) electrons. The summed E-state index contributed by atoms with van der Waals surface area (Å²) in [6.07, 6.45) is 6.57. The Hall–Kier alpha value is -0.450. The average Bonchev–Trinajstić information content (AvgIpc) is 2.88. The first kappa shape index (κ1) is 12.0. The van der Waals surface area contributed by atoms with Gasteiger partial charge in [-0.25, -0.2) is 4.98 Å². The van der Waals surface area contributed by atoms with Crippen LogP contribution in [0, 0.1) is 6.92 Å². The number of thiazole rings is 1. The van der Waals surface area contributed by atoms with Crippen LogP contribution in [0.3, 0.4) is 0 Å². The van der Waals surface area contributed by atoms with Crippen molar-refractivity contribution in [3.05, 3.63) is 16.1 Å². The molecule has 1 aromatic heterocycles. The molecule has 0 bridgehead atoms. The van der Waals surface area contributed by atoms with E-state index in [-0.39, 0.29) is 18.2 Å². The van der Waals surface area contributed by atoms with Crippen molar-refractivity contribution < 1.29 is 5.11 Å². The molecule has 3 nitrogen and oxygen atoms in total. The molecule has 1 saturated carbocycles. The standard InChI is InChI=1S/C12H20N2OS/c1-9(11-7-13-10(2)16-11)14-12(8-15)5-3-4-6-12/h7,9,14-15H,3-6,8H2,1-2H3. The van der Waals surface area contributed by atoms with Gasteiger partial charge in [0.2, 0.25) is 0 Å². The summed E-state index contributed by atoms with van der Waals surface area (Å²) in [6.45, 7) is 4.43. The summed E-state index contributed by atoms with van der Waals surface area (Å²) in [7, 11) is 0. The molecule has 1 atom stereocenters. The number of nitrogens with one attached hydrogen (secondary N) is 1. The third-order valence-electron chi connectivity index (χ3n) is 3.45. The van der Waals surface area contributed by atoms with Gasteiger partial charge >= 0.3 is 0 Å². The molecule has 0 spiro atoms. The van der Waals surface area contributed by atoms with E-state index in [1.165, 1.54) is 17.7 Å². The van der Waals surface area contributed by atoms with E-state index in [1.54, 1.807) is 11.3 Å². The van der Waals surface area contributed by atoms with E-state index in [4.69, 9.17) is 0 Å². The van der Waals surface area contributed by atoms with Gasteiger partial charge in [0.05, 0.1) is 11.6 Å². The summed E-state index contributed by atoms with van der Waals surface area (Å²) < 4.78 is 0. The zero-order chi connectivity index (χ0) is 11.6. The Morgan fingerprint density at radius 3 is 2.75 bits per heavy atom. The second kappa shape index (κ2) is 4.82. The Labute approximate surface area is 101 Å². The van der Waals surface area contributed by atoms with Crippen LogP contribution in [-0.4, -0.2) is 22.2 Å². The molecule has 16 heavy (non-hydrogen) atoms. The van der Waals surface area contributed by atoms with Gasteiger partial charge in [-0.1, -0.05) is 12.8 Å². The van der Waals surface area contributed by atoms with Crippen molar-refractivity contribution >= 4 is 11.3 Å². The Balaban J connectivity index is 2.03. The van der Waals surface area contributed by atoms with Gasteiger partial charge in [0.25, 0.3) is 0 Å². The van der Waals surface area contributed by atoms with Gasteiger partial charge < -0.3 is 10.4 Å². The summed E-state index contributed by atoms with van der Waals surface area (Å²) >= 11 is 1.73. The Kier molecular flexibility index (Phi) is 3.62. The maximum atomic E-state index is 9.54. The summed E-state index contributed by atoms with van der Waals surface area (Å²) in [5.41, 5.74) is -0.0443. The number of aryl methyl sites for hydroxylation is 1. The molecule has 4 heteroatoms. The highest BCUT2D eigenvalue weighted by molar-refractivity contribution is 7.11. The summed E-state index contributed by atoms with van der Waals surface area (Å²) in [4.78, 5) is 5.54. The monoisotopic (exact) mass is 240 g/mol. The first-order valence-corrected chi connectivity index (χ1v) is 6.78. The van der Waals surface area contributed by atoms with Gasteiger partial charge in [-0.05, 0) is 26.7 Å². The van der Waals surface area contributed by atoms with Crippen LogP contribution in [0.2, 0.25) is 0 Å². The molecule has 1 aromatic rings. The van der Waals surface area contributed by atoms with E-state index >= 15 is 0 Å². The topological polar surface area (TPSA) is 45.2 Å². The fourth-order valence-electron chi connectivity index (χ4n) is 2.51. The number of rotatable bonds is 4. The number of aliphatic hydroxyl groups excluding tert-OH is 1. The fraction of sp³-hybridized carbons (Fsp3) is 0.750. The van der Waals surface area contributed by atoms with Crippen LogP contribution in [0.1, 0.15) is 48.5 Å². The van der Waals surface area contributed by atoms with Crippen LogP contribution < -0.4 is 5.32 Å². The number of aliphatic hydroxyl groups is 1. The van der Waals surface area contributed by atoms with Crippen LogP contribution in [0.25, 0.3) is 0 Å². The zero-order valence-electron chi connectivity index (χ0n) is 9.99. The third-order valence-corrected chi connectivity index (χ3v) is 4.55. The molecule has 90 valence electrons. The molecule has 1 aliphatic carbocycles. The van der Waals surface area contributed by atoms with E-state index < -0.39 is 0 Å². The second-order valence-electron chi connectivity index (χ2n) is 4.79. The molecule has 2 N–H and O–H groups in total. The molecule has 0 aromatic carbocycles. The lowest BCUT2D eigenvalue weighted by Gasteiger charge is -2.31. The highest BCUT2D eigenvalue weighted by atomic mass is 32.1. The SMILES string of the molecule is Cc1ncc(C(C)NC2(CO)CCCC2)s1. The fourth-order valence-corrected chi connectivity index (χ4v) is 3.30. The molecular weight excluding hydrogens is 220 g/mol. The van der Waals surface area contributed by atoms with Crippen molar-refractivity contribution in [2.45, 2.75) is 51.1 Å². The maximum absolute atomic E-state index is 9.54. The normalized spacial score (nSPS) is 21.2. The molecule has 1 fully saturated rings. The number of hydrogen-bond acceptors (Lipinski definition) is 4. The second-order valence-corrected chi connectivity index (χ2v) is 6.06. The van der Waals surface area contributed by atoms with E-state index in [0.717, 1.165) is 17.8 Å². The van der Waals surface area contributed by atoms with Gasteiger partial charge in [0.15, 0.2) is 0 Å². The Morgan fingerprint density at radius 1 is 1.56 bits per heavy atom. The smallest absolute Gasteiger partial charge is 0.0897 e. The van der Waals surface area contributed by atoms with Crippen LogP contribution in [0.4, 0.5) is 0 Å². The predicted octanol–water partition coefficient (Wildman–Crippen LogP) is 2.41. The highest BCUT2D eigenvalue weighted by Gasteiger charge is 2.34. The predicted molar refractivity (Wildman–Crippen MR) is 66.7 cm³/mol. The van der Waals surface area contributed by atoms with Crippen molar-refractivity contribution in [2.75, 3.05) is 6.61 Å². The number of aromatic nitrogens is 1. The van der Waals surface area contributed by atoms with Gasteiger partial charge in [-0.15, -0.1) is 11.3 Å². The van der Waals surface area contributed by atoms with Crippen LogP contribution in [0.15, 0.2) is 6.20 Å². The molecule has 0 saturated heterocycles. The van der Waals surface area contributed by atoms with Crippen molar-refractivity contribution in [3.8, 4) is 0 Å². The average molecular weight is 240 g/mol. The quantitative estimate of drug-likeness (QED) is 0.849. The van der Waals surface area contributed by atoms with Crippen molar-refractivity contribution in [1.82, 2.24) is 10.3 Å². The van der Waals surface area contributed by atoms with Crippen LogP contribution in [0.5, 0.6) is 0 Å². The van der Waals surface area contributed by atoms with E-state index in [9.17, 15) is 5.11 Å². The van der Waals surface area contributed by atoms with Crippen molar-refractivity contribution in [2.24, 2.45) is 0 Å². The minimum atomic E-state index is -0.0443. The Bertz CT molecular complexity index is 345. The molecular formula is C12H20N2OS. The van der Waals surface area contributed by atoms with E-state index in [0.29, 0.717) is 0 Å². The first-order chi connectivity index (χ1) is 7.65. The summed E-state index contributed by atoms with van der Waals surface area (Å²) in [5.74, 6) is 0. The van der Waals surface area contributed by atoms with Crippen LogP contribution >= 0.6 is 11.3 Å². The van der Waals surface area contributed by atoms with Gasteiger partial charge in [0.1, 0.15) is 0 Å². The minimum absolute atomic E-state index is 0.0443. The number of hydrogen-bond donors (Lipinski definition) is 2. The lowest BCUT2D eigenvalue weighted by molar-refractivity contribution is 0.153. The molecule has 0 aliphatic heterocycles. The molecule has 1 unspecified atom stereocenters. The highest BCUT2D eigenvalue weighted by Crippen LogP contribution is 2.32. The van der Waals surface area contributed by atoms with Gasteiger partial charge in [-0.2, -0.15) is 0 Å². The minimum Gasteiger partial charge on any atom is -0.394 e. The zero-order valence-corrected chi connectivity index (χ0v) is 10.8. The van der Waals surface area contributed by atoms with Gasteiger partial charge in [0, 0.05) is 22.7 Å². The molecule has 2 rings (SSSR count). The molecule has 1 aliphatic rings.